The Balaban J connectivity index is 2.17. The highest BCUT2D eigenvalue weighted by molar-refractivity contribution is 5.54. The monoisotopic (exact) mass is 202 g/mol. The van der Waals surface area contributed by atoms with Crippen LogP contribution < -0.4 is 5.32 Å². The number of aromatic nitrogens is 3. The van der Waals surface area contributed by atoms with E-state index in [2.05, 4.69) is 34.3 Å². The van der Waals surface area contributed by atoms with Gasteiger partial charge in [-0.1, -0.05) is 0 Å². The summed E-state index contributed by atoms with van der Waals surface area (Å²) in [6.07, 6.45) is 1.87. The van der Waals surface area contributed by atoms with E-state index in [1.54, 1.807) is 0 Å². The van der Waals surface area contributed by atoms with E-state index in [0.29, 0.717) is 6.04 Å². The largest absolute Gasteiger partial charge is 0.366 e. The minimum absolute atomic E-state index is 0.371. The standard InChI is InChI=1S/C11H14N4/c1-8(2)13-11-6-5-10(14-15-11)9-4-3-7-12-9/h3-8,12H,1-2H3,(H,13,15). The molecule has 2 aromatic heterocycles. The van der Waals surface area contributed by atoms with Crippen molar-refractivity contribution < 1.29 is 0 Å². The fraction of sp³-hybridized carbons (Fsp3) is 0.273. The number of hydrogen-bond acceptors (Lipinski definition) is 3. The lowest BCUT2D eigenvalue weighted by Gasteiger charge is -2.07. The lowest BCUT2D eigenvalue weighted by molar-refractivity contribution is 0.874. The first-order valence-corrected chi connectivity index (χ1v) is 5.00. The molecule has 0 aromatic carbocycles. The Morgan fingerprint density at radius 3 is 2.60 bits per heavy atom. The quantitative estimate of drug-likeness (QED) is 0.802. The summed E-state index contributed by atoms with van der Waals surface area (Å²) in [6.45, 7) is 4.14. The summed E-state index contributed by atoms with van der Waals surface area (Å²) >= 11 is 0. The first kappa shape index (κ1) is 9.71. The van der Waals surface area contributed by atoms with Gasteiger partial charge in [-0.2, -0.15) is 0 Å². The van der Waals surface area contributed by atoms with Crippen molar-refractivity contribution in [2.75, 3.05) is 5.32 Å². The van der Waals surface area contributed by atoms with Crippen molar-refractivity contribution in [3.8, 4) is 11.4 Å². The van der Waals surface area contributed by atoms with Gasteiger partial charge in [0.25, 0.3) is 0 Å². The van der Waals surface area contributed by atoms with Crippen LogP contribution in [0, 0.1) is 0 Å². The van der Waals surface area contributed by atoms with E-state index in [1.165, 1.54) is 0 Å². The third-order valence-corrected chi connectivity index (χ3v) is 1.98. The molecule has 0 bridgehead atoms. The maximum atomic E-state index is 4.13. The van der Waals surface area contributed by atoms with Crippen molar-refractivity contribution in [3.63, 3.8) is 0 Å². The van der Waals surface area contributed by atoms with Gasteiger partial charge in [-0.05, 0) is 38.1 Å². The Morgan fingerprint density at radius 2 is 2.07 bits per heavy atom. The van der Waals surface area contributed by atoms with E-state index >= 15 is 0 Å². The summed E-state index contributed by atoms with van der Waals surface area (Å²) < 4.78 is 0. The molecule has 0 fully saturated rings. The maximum absolute atomic E-state index is 4.13. The molecule has 0 amide bonds. The highest BCUT2D eigenvalue weighted by Crippen LogP contribution is 2.14. The van der Waals surface area contributed by atoms with Crippen molar-refractivity contribution in [2.24, 2.45) is 0 Å². The molecule has 4 heteroatoms. The van der Waals surface area contributed by atoms with Gasteiger partial charge in [0, 0.05) is 12.2 Å². The molecule has 0 saturated heterocycles. The van der Waals surface area contributed by atoms with Gasteiger partial charge in [0.2, 0.25) is 0 Å². The third kappa shape index (κ3) is 2.34. The Hall–Kier alpha value is -1.84. The van der Waals surface area contributed by atoms with Gasteiger partial charge in [0.15, 0.2) is 0 Å². The number of rotatable bonds is 3. The van der Waals surface area contributed by atoms with Gasteiger partial charge < -0.3 is 10.3 Å². The minimum atomic E-state index is 0.371. The summed E-state index contributed by atoms with van der Waals surface area (Å²) in [4.78, 5) is 3.09. The van der Waals surface area contributed by atoms with Crippen LogP contribution in [0.15, 0.2) is 30.5 Å². The zero-order chi connectivity index (χ0) is 10.7. The number of hydrogen-bond donors (Lipinski definition) is 2. The Kier molecular flexibility index (Phi) is 2.67. The van der Waals surface area contributed by atoms with Crippen molar-refractivity contribution in [1.82, 2.24) is 15.2 Å². The molecular weight excluding hydrogens is 188 g/mol. The molecule has 4 nitrogen and oxygen atoms in total. The molecule has 0 atom stereocenters. The van der Waals surface area contributed by atoms with Crippen molar-refractivity contribution >= 4 is 5.82 Å². The van der Waals surface area contributed by atoms with Crippen LogP contribution in [0.3, 0.4) is 0 Å². The van der Waals surface area contributed by atoms with E-state index in [9.17, 15) is 0 Å². The van der Waals surface area contributed by atoms with Crippen LogP contribution in [0.1, 0.15) is 13.8 Å². The van der Waals surface area contributed by atoms with Gasteiger partial charge in [-0.25, -0.2) is 0 Å². The molecule has 0 spiro atoms. The number of nitrogens with zero attached hydrogens (tertiary/aromatic N) is 2. The molecule has 2 rings (SSSR count). The molecule has 2 heterocycles. The second-order valence-corrected chi connectivity index (χ2v) is 3.69. The van der Waals surface area contributed by atoms with Gasteiger partial charge in [0.05, 0.1) is 5.69 Å². The van der Waals surface area contributed by atoms with Crippen molar-refractivity contribution in [3.05, 3.63) is 30.5 Å². The van der Waals surface area contributed by atoms with E-state index in [4.69, 9.17) is 0 Å². The Labute approximate surface area is 88.8 Å². The van der Waals surface area contributed by atoms with E-state index < -0.39 is 0 Å². The average Bonchev–Trinajstić information content (AvgIpc) is 2.71. The summed E-state index contributed by atoms with van der Waals surface area (Å²) in [5.41, 5.74) is 1.84. The smallest absolute Gasteiger partial charge is 0.148 e. The fourth-order valence-electron chi connectivity index (χ4n) is 1.34. The van der Waals surface area contributed by atoms with Crippen LogP contribution in [0.2, 0.25) is 0 Å². The molecule has 0 unspecified atom stereocenters. The van der Waals surface area contributed by atoms with Gasteiger partial charge >= 0.3 is 0 Å². The number of H-pyrrole nitrogens is 1. The molecule has 15 heavy (non-hydrogen) atoms. The first-order chi connectivity index (χ1) is 7.25. The third-order valence-electron chi connectivity index (χ3n) is 1.98. The van der Waals surface area contributed by atoms with Crippen LogP contribution in [0.5, 0.6) is 0 Å². The van der Waals surface area contributed by atoms with Gasteiger partial charge in [-0.3, -0.25) is 0 Å². The molecule has 0 saturated carbocycles. The normalized spacial score (nSPS) is 10.6. The second kappa shape index (κ2) is 4.13. The topological polar surface area (TPSA) is 53.6 Å². The predicted molar refractivity (Wildman–Crippen MR) is 60.6 cm³/mol. The maximum Gasteiger partial charge on any atom is 0.148 e. The van der Waals surface area contributed by atoms with Crippen LogP contribution >= 0.6 is 0 Å². The minimum Gasteiger partial charge on any atom is -0.366 e. The van der Waals surface area contributed by atoms with Gasteiger partial charge in [-0.15, -0.1) is 10.2 Å². The Morgan fingerprint density at radius 1 is 1.20 bits per heavy atom. The lowest BCUT2D eigenvalue weighted by atomic mass is 10.3. The molecule has 2 N–H and O–H groups in total. The zero-order valence-corrected chi connectivity index (χ0v) is 8.86. The van der Waals surface area contributed by atoms with E-state index in [0.717, 1.165) is 17.2 Å². The van der Waals surface area contributed by atoms with Crippen molar-refractivity contribution in [2.45, 2.75) is 19.9 Å². The zero-order valence-electron chi connectivity index (χ0n) is 8.86. The average molecular weight is 202 g/mol. The number of nitrogens with one attached hydrogen (secondary N) is 2. The molecular formula is C11H14N4. The first-order valence-electron chi connectivity index (χ1n) is 5.00. The van der Waals surface area contributed by atoms with Crippen LogP contribution in [0.25, 0.3) is 11.4 Å². The second-order valence-electron chi connectivity index (χ2n) is 3.69. The molecule has 2 aromatic rings. The SMILES string of the molecule is CC(C)Nc1ccc(-c2ccc[nH]2)nn1. The van der Waals surface area contributed by atoms with Crippen LogP contribution in [-0.4, -0.2) is 21.2 Å². The predicted octanol–water partition coefficient (Wildman–Crippen LogP) is 2.29. The Bertz CT molecular complexity index is 403. The fourth-order valence-corrected chi connectivity index (χ4v) is 1.34. The summed E-state index contributed by atoms with van der Waals surface area (Å²) in [5, 5.41) is 11.4. The summed E-state index contributed by atoms with van der Waals surface area (Å²) in [7, 11) is 0. The highest BCUT2D eigenvalue weighted by atomic mass is 15.2. The van der Waals surface area contributed by atoms with E-state index in [-0.39, 0.29) is 0 Å². The molecule has 0 aliphatic heterocycles. The number of aromatic amines is 1. The van der Waals surface area contributed by atoms with Crippen LogP contribution in [0.4, 0.5) is 5.82 Å². The molecule has 78 valence electrons. The summed E-state index contributed by atoms with van der Waals surface area (Å²) in [5.74, 6) is 0.806. The molecule has 0 aliphatic carbocycles. The molecule has 0 aliphatic rings. The van der Waals surface area contributed by atoms with Crippen LogP contribution in [-0.2, 0) is 0 Å². The number of anilines is 1. The van der Waals surface area contributed by atoms with Gasteiger partial charge in [0.1, 0.15) is 11.5 Å². The summed E-state index contributed by atoms with van der Waals surface area (Å²) in [6, 6.07) is 8.17. The molecule has 0 radical (unpaired) electrons. The highest BCUT2D eigenvalue weighted by Gasteiger charge is 2.01. The van der Waals surface area contributed by atoms with Crippen molar-refractivity contribution in [1.29, 1.82) is 0 Å². The van der Waals surface area contributed by atoms with E-state index in [1.807, 2.05) is 30.5 Å². The lowest BCUT2D eigenvalue weighted by Crippen LogP contribution is -2.11.